The van der Waals surface area contributed by atoms with E-state index in [0.29, 0.717) is 15.2 Å². The second-order valence-electron chi connectivity index (χ2n) is 5.37. The van der Waals surface area contributed by atoms with Crippen molar-refractivity contribution in [2.75, 3.05) is 0 Å². The van der Waals surface area contributed by atoms with Gasteiger partial charge in [0.25, 0.3) is 11.9 Å². The van der Waals surface area contributed by atoms with Gasteiger partial charge in [-0.25, -0.2) is 11.3 Å². The van der Waals surface area contributed by atoms with E-state index in [9.17, 15) is 4.79 Å². The van der Waals surface area contributed by atoms with Crippen molar-refractivity contribution in [1.29, 1.82) is 0 Å². The first-order valence-corrected chi connectivity index (χ1v) is 9.50. The molecule has 1 saturated heterocycles. The van der Waals surface area contributed by atoms with Crippen LogP contribution >= 0.6 is 23.1 Å². The minimum Gasteiger partial charge on any atom is -0.481 e. The van der Waals surface area contributed by atoms with E-state index in [0.717, 1.165) is 17.9 Å². The third kappa shape index (κ3) is 6.29. The van der Waals surface area contributed by atoms with Gasteiger partial charge in [0.1, 0.15) is 0 Å². The maximum atomic E-state index is 12.1. The Morgan fingerprint density at radius 1 is 1.25 bits per heavy atom. The van der Waals surface area contributed by atoms with Crippen molar-refractivity contribution in [2.45, 2.75) is 6.92 Å². The first-order valence-electron chi connectivity index (χ1n) is 7.81. The van der Waals surface area contributed by atoms with Crippen molar-refractivity contribution in [3.05, 3.63) is 64.5 Å². The third-order valence-corrected chi connectivity index (χ3v) is 4.82. The summed E-state index contributed by atoms with van der Waals surface area (Å²) < 4.78 is 0. The zero-order chi connectivity index (χ0) is 19.2. The number of carbonyl (C=O) groups is 2. The largest absolute Gasteiger partial charge is 1.00 e. The van der Waals surface area contributed by atoms with E-state index in [1.165, 1.54) is 28.5 Å². The monoisotopic (exact) mass is 419 g/mol. The van der Waals surface area contributed by atoms with Crippen LogP contribution in [0.4, 0.5) is 5.13 Å². The van der Waals surface area contributed by atoms with E-state index < -0.39 is 5.97 Å². The predicted molar refractivity (Wildman–Crippen MR) is 109 cm³/mol. The molecule has 1 amide bonds. The number of amidine groups is 1. The summed E-state index contributed by atoms with van der Waals surface area (Å²) in [6.45, 7) is 1.08. The molecule has 1 fully saturated rings. The van der Waals surface area contributed by atoms with Gasteiger partial charge in [0, 0.05) is 6.92 Å². The Morgan fingerprint density at radius 3 is 2.64 bits per heavy atom. The van der Waals surface area contributed by atoms with Crippen molar-refractivity contribution in [2.24, 2.45) is 4.99 Å². The molecule has 0 radical (unpaired) electrons. The predicted octanol–water partition coefficient (Wildman–Crippen LogP) is 1.08. The van der Waals surface area contributed by atoms with Crippen LogP contribution in [0.25, 0.3) is 16.8 Å². The molecule has 2 heterocycles. The number of rotatable bonds is 2. The van der Waals surface area contributed by atoms with E-state index >= 15 is 0 Å². The van der Waals surface area contributed by atoms with E-state index in [1.54, 1.807) is 5.38 Å². The molecule has 0 spiro atoms. The van der Waals surface area contributed by atoms with E-state index in [2.05, 4.69) is 45.8 Å². The van der Waals surface area contributed by atoms with Crippen LogP contribution in [0.1, 0.15) is 12.5 Å². The molecule has 1 aliphatic heterocycles. The Hall–Kier alpha value is -1.97. The number of carbonyl (C=O) groups excluding carboxylic acids is 1. The Kier molecular flexibility index (Phi) is 8.40. The molecule has 0 unspecified atom stereocenters. The SMILES string of the molecule is CC(=O)O.O=C1NC(=Nc2n[c-]cs2)SC1=Cc1ccc2ccccc2c1.[Na+]. The molecule has 0 atom stereocenters. The fraction of sp³-hybridized carbons (Fsp3) is 0.0526. The molecule has 2 aromatic carbocycles. The zero-order valence-electron chi connectivity index (χ0n) is 15.2. The first-order chi connectivity index (χ1) is 13.0. The van der Waals surface area contributed by atoms with Gasteiger partial charge in [0.2, 0.25) is 0 Å². The number of amides is 1. The van der Waals surface area contributed by atoms with Crippen LogP contribution < -0.4 is 34.9 Å². The van der Waals surface area contributed by atoms with Crippen LogP contribution in [0, 0.1) is 6.20 Å². The molecule has 28 heavy (non-hydrogen) atoms. The molecule has 0 bridgehead atoms. The van der Waals surface area contributed by atoms with Gasteiger partial charge in [-0.05, 0) is 40.2 Å². The minimum atomic E-state index is -0.833. The van der Waals surface area contributed by atoms with E-state index in [4.69, 9.17) is 9.90 Å². The summed E-state index contributed by atoms with van der Waals surface area (Å²) >= 11 is 2.70. The molecule has 6 nitrogen and oxygen atoms in total. The second-order valence-corrected chi connectivity index (χ2v) is 7.23. The van der Waals surface area contributed by atoms with Gasteiger partial charge in [-0.3, -0.25) is 14.6 Å². The Bertz CT molecular complexity index is 1050. The number of fused-ring (bicyclic) bond motifs is 1. The van der Waals surface area contributed by atoms with Gasteiger partial charge >= 0.3 is 29.6 Å². The van der Waals surface area contributed by atoms with Gasteiger partial charge in [-0.1, -0.05) is 41.8 Å². The molecule has 9 heteroatoms. The van der Waals surface area contributed by atoms with Crippen molar-refractivity contribution in [3.8, 4) is 0 Å². The maximum Gasteiger partial charge on any atom is 1.00 e. The fourth-order valence-corrected chi connectivity index (χ4v) is 3.60. The number of aromatic nitrogens is 1. The van der Waals surface area contributed by atoms with E-state index in [-0.39, 0.29) is 35.5 Å². The number of thioether (sulfide) groups is 1. The first kappa shape index (κ1) is 22.3. The number of aliphatic imine (C=N–C) groups is 1. The number of aliphatic carboxylic acids is 1. The average molecular weight is 419 g/mol. The summed E-state index contributed by atoms with van der Waals surface area (Å²) in [5, 5.41) is 15.4. The summed E-state index contributed by atoms with van der Waals surface area (Å²) in [5.74, 6) is -0.970. The van der Waals surface area contributed by atoms with E-state index in [1.807, 2.05) is 24.3 Å². The van der Waals surface area contributed by atoms with Crippen LogP contribution in [0.5, 0.6) is 0 Å². The average Bonchev–Trinajstić information content (AvgIpc) is 3.25. The van der Waals surface area contributed by atoms with Crippen LogP contribution in [-0.2, 0) is 9.59 Å². The van der Waals surface area contributed by atoms with Crippen LogP contribution in [0.3, 0.4) is 0 Å². The molecule has 136 valence electrons. The molecule has 4 rings (SSSR count). The van der Waals surface area contributed by atoms with Gasteiger partial charge in [-0.2, -0.15) is 0 Å². The molecule has 1 aliphatic rings. The molecular weight excluding hydrogens is 405 g/mol. The van der Waals surface area contributed by atoms with Gasteiger partial charge < -0.3 is 15.4 Å². The van der Waals surface area contributed by atoms with Gasteiger partial charge in [0.05, 0.1) is 10.0 Å². The summed E-state index contributed by atoms with van der Waals surface area (Å²) in [4.78, 5) is 30.0. The summed E-state index contributed by atoms with van der Waals surface area (Å²) in [6, 6.07) is 14.3. The summed E-state index contributed by atoms with van der Waals surface area (Å²) in [6.07, 6.45) is 4.59. The molecular formula is C19H14N3NaO3S2. The van der Waals surface area contributed by atoms with Gasteiger partial charge in [-0.15, -0.1) is 6.20 Å². The molecule has 3 aromatic rings. The number of benzene rings is 2. The Morgan fingerprint density at radius 2 is 1.96 bits per heavy atom. The number of carboxylic acids is 1. The number of hydrogen-bond acceptors (Lipinski definition) is 6. The standard InChI is InChI=1S/C17H10N3OS2.C2H4O2.Na/c21-15-14(23-17(19-15)20-16-18-7-8-22-16)10-11-5-6-12-3-1-2-4-13(12)9-11;1-2(3)4;/h1-6,8-10H,(H,18,19,20,21);1H3,(H,3,4);/q-1;;+1. The topological polar surface area (TPSA) is 91.6 Å². The molecule has 0 aliphatic carbocycles. The number of nitrogens with zero attached hydrogens (tertiary/aromatic N) is 2. The van der Waals surface area contributed by atoms with Crippen LogP contribution in [0.15, 0.2) is 57.7 Å². The van der Waals surface area contributed by atoms with Crippen LogP contribution in [0.2, 0.25) is 0 Å². The third-order valence-electron chi connectivity index (χ3n) is 3.30. The molecule has 0 saturated carbocycles. The summed E-state index contributed by atoms with van der Waals surface area (Å²) in [7, 11) is 0. The number of carboxylic acid groups (broad SMARTS) is 1. The second kappa shape index (κ2) is 10.5. The van der Waals surface area contributed by atoms with Crippen molar-refractivity contribution in [1.82, 2.24) is 10.3 Å². The fourth-order valence-electron chi connectivity index (χ4n) is 2.25. The quantitative estimate of drug-likeness (QED) is 0.369. The number of hydrogen-bond donors (Lipinski definition) is 2. The minimum absolute atomic E-state index is 0. The molecule has 2 N–H and O–H groups in total. The van der Waals surface area contributed by atoms with Crippen molar-refractivity contribution >= 4 is 62.1 Å². The number of nitrogens with one attached hydrogen (secondary N) is 1. The normalized spacial score (nSPS) is 15.7. The molecule has 1 aromatic heterocycles. The summed E-state index contributed by atoms with van der Waals surface area (Å²) in [5.41, 5.74) is 0.991. The zero-order valence-corrected chi connectivity index (χ0v) is 18.8. The van der Waals surface area contributed by atoms with Gasteiger partial charge in [0.15, 0.2) is 5.17 Å². The Labute approximate surface area is 192 Å². The maximum absolute atomic E-state index is 12.1. The van der Waals surface area contributed by atoms with Crippen molar-refractivity contribution in [3.63, 3.8) is 0 Å². The smallest absolute Gasteiger partial charge is 0.481 e. The number of thiazole rings is 1. The van der Waals surface area contributed by atoms with Crippen molar-refractivity contribution < 1.29 is 44.3 Å². The van der Waals surface area contributed by atoms with Crippen LogP contribution in [-0.4, -0.2) is 27.1 Å². The Balaban J connectivity index is 0.000000515.